The summed E-state index contributed by atoms with van der Waals surface area (Å²) in [6.45, 7) is 0.239. The average Bonchev–Trinajstić information content (AvgIpc) is 3.38. The van der Waals surface area contributed by atoms with Gasteiger partial charge in [-0.15, -0.1) is 11.3 Å². The number of imide groups is 1. The third-order valence-electron chi connectivity index (χ3n) is 4.41. The van der Waals surface area contributed by atoms with Crippen LogP contribution in [0, 0.1) is 0 Å². The highest BCUT2D eigenvalue weighted by molar-refractivity contribution is 8.18. The Hall–Kier alpha value is -3.36. The van der Waals surface area contributed by atoms with E-state index in [4.69, 9.17) is 4.74 Å². The summed E-state index contributed by atoms with van der Waals surface area (Å²) >= 11 is 2.41. The van der Waals surface area contributed by atoms with Gasteiger partial charge in [-0.3, -0.25) is 19.3 Å². The first-order valence-electron chi connectivity index (χ1n) is 9.51. The summed E-state index contributed by atoms with van der Waals surface area (Å²) < 4.78 is 5.82. The Labute approximate surface area is 187 Å². The predicted octanol–water partition coefficient (Wildman–Crippen LogP) is 5.01. The van der Waals surface area contributed by atoms with Gasteiger partial charge >= 0.3 is 0 Å². The van der Waals surface area contributed by atoms with E-state index >= 15 is 0 Å². The second-order valence-electron chi connectivity index (χ2n) is 6.52. The van der Waals surface area contributed by atoms with Crippen LogP contribution < -0.4 is 10.1 Å². The van der Waals surface area contributed by atoms with Crippen LogP contribution in [0.3, 0.4) is 0 Å². The molecule has 0 spiro atoms. The summed E-state index contributed by atoms with van der Waals surface area (Å²) in [6, 6.07) is 19.9. The van der Waals surface area contributed by atoms with Gasteiger partial charge in [-0.05, 0) is 53.5 Å². The number of carbonyl (C=O) groups excluding carboxylic acids is 3. The first-order chi connectivity index (χ1) is 15.1. The molecule has 8 heteroatoms. The van der Waals surface area contributed by atoms with Crippen LogP contribution in [0.15, 0.2) is 77.0 Å². The number of amides is 3. The molecule has 0 bridgehead atoms. The summed E-state index contributed by atoms with van der Waals surface area (Å²) in [5.41, 5.74) is 0.373. The lowest BCUT2D eigenvalue weighted by atomic mass is 10.2. The van der Waals surface area contributed by atoms with Gasteiger partial charge in [0.15, 0.2) is 0 Å². The summed E-state index contributed by atoms with van der Waals surface area (Å²) in [5.74, 6) is 0.368. The maximum atomic E-state index is 12.7. The fraction of sp³-hybridized carbons (Fsp3) is 0.0870. The zero-order valence-electron chi connectivity index (χ0n) is 16.3. The fourth-order valence-corrected chi connectivity index (χ4v) is 4.52. The Balaban J connectivity index is 1.37. The van der Waals surface area contributed by atoms with Crippen molar-refractivity contribution in [3.8, 4) is 11.5 Å². The summed E-state index contributed by atoms with van der Waals surface area (Å²) in [6.07, 6.45) is 1.71. The topological polar surface area (TPSA) is 75.7 Å². The van der Waals surface area contributed by atoms with Crippen molar-refractivity contribution in [3.63, 3.8) is 0 Å². The number of ether oxygens (including phenoxy) is 1. The molecule has 2 heterocycles. The van der Waals surface area contributed by atoms with Gasteiger partial charge in [0.1, 0.15) is 11.5 Å². The second kappa shape index (κ2) is 9.63. The van der Waals surface area contributed by atoms with Crippen LogP contribution in [-0.2, 0) is 4.79 Å². The van der Waals surface area contributed by atoms with E-state index in [-0.39, 0.29) is 30.1 Å². The first kappa shape index (κ1) is 20.9. The number of thioether (sulfide) groups is 1. The highest BCUT2D eigenvalue weighted by Gasteiger charge is 2.34. The highest BCUT2D eigenvalue weighted by Crippen LogP contribution is 2.32. The number of hydrogen-bond donors (Lipinski definition) is 1. The zero-order valence-corrected chi connectivity index (χ0v) is 17.9. The van der Waals surface area contributed by atoms with Crippen LogP contribution in [0.5, 0.6) is 11.5 Å². The van der Waals surface area contributed by atoms with Crippen LogP contribution in [0.4, 0.5) is 4.79 Å². The summed E-state index contributed by atoms with van der Waals surface area (Å²) in [5, 5.41) is 4.33. The summed E-state index contributed by atoms with van der Waals surface area (Å²) in [4.78, 5) is 39.9. The molecule has 1 aliphatic heterocycles. The van der Waals surface area contributed by atoms with Gasteiger partial charge in [-0.2, -0.15) is 0 Å². The summed E-state index contributed by atoms with van der Waals surface area (Å²) in [7, 11) is 0. The Bertz CT molecular complexity index is 1130. The van der Waals surface area contributed by atoms with Gasteiger partial charge < -0.3 is 10.1 Å². The van der Waals surface area contributed by atoms with E-state index in [1.165, 1.54) is 11.3 Å². The molecule has 2 aromatic carbocycles. The van der Waals surface area contributed by atoms with Gasteiger partial charge in [0.2, 0.25) is 0 Å². The van der Waals surface area contributed by atoms with Crippen LogP contribution in [-0.4, -0.2) is 35.0 Å². The second-order valence-corrected chi connectivity index (χ2v) is 8.49. The molecule has 3 aromatic rings. The smallest absolute Gasteiger partial charge is 0.293 e. The lowest BCUT2D eigenvalue weighted by molar-refractivity contribution is -0.122. The van der Waals surface area contributed by atoms with E-state index in [0.29, 0.717) is 22.0 Å². The molecule has 1 fully saturated rings. The maximum absolute atomic E-state index is 12.7. The van der Waals surface area contributed by atoms with Crippen LogP contribution in [0.1, 0.15) is 15.2 Å². The Kier molecular flexibility index (Phi) is 6.49. The third kappa shape index (κ3) is 5.04. The normalized spacial score (nSPS) is 14.8. The molecule has 4 rings (SSSR count). The van der Waals surface area contributed by atoms with Crippen molar-refractivity contribution in [2.24, 2.45) is 0 Å². The standard InChI is InChI=1S/C23H18N2O4S2/c26-21(18-10-4-5-11-19(18)29-16-7-2-1-3-8-16)24-12-13-25-22(27)20(31-23(25)28)15-17-9-6-14-30-17/h1-11,14-15H,12-13H2,(H,24,26)/b20-15-. The molecule has 1 aliphatic rings. The molecule has 1 aromatic heterocycles. The molecule has 0 atom stereocenters. The highest BCUT2D eigenvalue weighted by atomic mass is 32.2. The lowest BCUT2D eigenvalue weighted by Crippen LogP contribution is -2.37. The molecule has 0 aliphatic carbocycles. The van der Waals surface area contributed by atoms with Crippen LogP contribution in [0.25, 0.3) is 6.08 Å². The minimum Gasteiger partial charge on any atom is -0.457 e. The largest absolute Gasteiger partial charge is 0.457 e. The zero-order chi connectivity index (χ0) is 21.6. The Morgan fingerprint density at radius 1 is 1.00 bits per heavy atom. The van der Waals surface area contributed by atoms with Crippen molar-refractivity contribution in [1.29, 1.82) is 0 Å². The number of rotatable bonds is 7. The van der Waals surface area contributed by atoms with E-state index in [2.05, 4.69) is 5.32 Å². The quantitative estimate of drug-likeness (QED) is 0.512. The molecular formula is C23H18N2O4S2. The van der Waals surface area contributed by atoms with E-state index < -0.39 is 0 Å². The predicted molar refractivity (Wildman–Crippen MR) is 122 cm³/mol. The number of thiophene rings is 1. The Morgan fingerprint density at radius 3 is 2.55 bits per heavy atom. The molecular weight excluding hydrogens is 432 g/mol. The number of benzene rings is 2. The van der Waals surface area contributed by atoms with E-state index in [1.54, 1.807) is 42.5 Å². The van der Waals surface area contributed by atoms with Gasteiger partial charge in [-0.1, -0.05) is 36.4 Å². The minimum atomic E-state index is -0.342. The number of hydrogen-bond acceptors (Lipinski definition) is 6. The third-order valence-corrected chi connectivity index (χ3v) is 6.14. The van der Waals surface area contributed by atoms with Gasteiger partial charge in [-0.25, -0.2) is 0 Å². The lowest BCUT2D eigenvalue weighted by Gasteiger charge is -2.14. The average molecular weight is 451 g/mol. The molecule has 0 radical (unpaired) electrons. The molecule has 1 saturated heterocycles. The molecule has 3 amide bonds. The molecule has 156 valence electrons. The van der Waals surface area contributed by atoms with Crippen molar-refractivity contribution >= 4 is 46.2 Å². The van der Waals surface area contributed by atoms with Crippen molar-refractivity contribution in [2.75, 3.05) is 13.1 Å². The molecule has 0 unspecified atom stereocenters. The van der Waals surface area contributed by atoms with Crippen molar-refractivity contribution in [1.82, 2.24) is 10.2 Å². The van der Waals surface area contributed by atoms with Crippen molar-refractivity contribution < 1.29 is 19.1 Å². The Morgan fingerprint density at radius 2 is 1.77 bits per heavy atom. The minimum absolute atomic E-state index is 0.0971. The van der Waals surface area contributed by atoms with Crippen molar-refractivity contribution in [2.45, 2.75) is 0 Å². The number of para-hydroxylation sites is 2. The molecule has 6 nitrogen and oxygen atoms in total. The molecule has 0 saturated carbocycles. The van der Waals surface area contributed by atoms with E-state index in [9.17, 15) is 14.4 Å². The van der Waals surface area contributed by atoms with E-state index in [1.807, 2.05) is 35.7 Å². The monoisotopic (exact) mass is 450 g/mol. The van der Waals surface area contributed by atoms with Gasteiger partial charge in [0, 0.05) is 18.0 Å². The molecule has 1 N–H and O–H groups in total. The first-order valence-corrected chi connectivity index (χ1v) is 11.2. The van der Waals surface area contributed by atoms with Gasteiger partial charge in [0.25, 0.3) is 17.1 Å². The maximum Gasteiger partial charge on any atom is 0.293 e. The number of nitrogens with one attached hydrogen (secondary N) is 1. The van der Waals surface area contributed by atoms with Crippen molar-refractivity contribution in [3.05, 3.63) is 87.5 Å². The fourth-order valence-electron chi connectivity index (χ4n) is 2.93. The SMILES string of the molecule is O=C(NCCN1C(=O)S/C(=C\c2cccs2)C1=O)c1ccccc1Oc1ccccc1. The number of carbonyl (C=O) groups is 3. The van der Waals surface area contributed by atoms with Crippen LogP contribution in [0.2, 0.25) is 0 Å². The van der Waals surface area contributed by atoms with Gasteiger partial charge in [0.05, 0.1) is 10.5 Å². The molecule has 31 heavy (non-hydrogen) atoms. The van der Waals surface area contributed by atoms with Crippen LogP contribution >= 0.6 is 23.1 Å². The van der Waals surface area contributed by atoms with E-state index in [0.717, 1.165) is 21.5 Å². The number of nitrogens with zero attached hydrogens (tertiary/aromatic N) is 1.